The minimum absolute atomic E-state index is 0.0759. The summed E-state index contributed by atoms with van der Waals surface area (Å²) in [5.41, 5.74) is 0.652. The van der Waals surface area contributed by atoms with Gasteiger partial charge in [0.25, 0.3) is 5.91 Å². The van der Waals surface area contributed by atoms with E-state index >= 15 is 0 Å². The topological polar surface area (TPSA) is 192 Å². The molecule has 14 atom stereocenters. The summed E-state index contributed by atoms with van der Waals surface area (Å²) in [6.07, 6.45) is -2.11. The number of carbonyl (C=O) groups is 3. The van der Waals surface area contributed by atoms with E-state index in [2.05, 4.69) is 29.3 Å². The molecule has 5 aliphatic rings. The van der Waals surface area contributed by atoms with Crippen LogP contribution < -0.4 is 5.32 Å². The molecule has 6 heterocycles. The first kappa shape index (κ1) is 47.7. The highest BCUT2D eigenvalue weighted by molar-refractivity contribution is 5.91. The van der Waals surface area contributed by atoms with Crippen LogP contribution in [0.3, 0.4) is 0 Å². The molecule has 0 spiro atoms. The van der Waals surface area contributed by atoms with Crippen molar-refractivity contribution >= 4 is 40.3 Å². The normalized spacial score (nSPS) is 38.0. The summed E-state index contributed by atoms with van der Waals surface area (Å²) >= 11 is 0. The highest BCUT2D eigenvalue weighted by atomic mass is 16.7. The van der Waals surface area contributed by atoms with Crippen LogP contribution >= 0.6 is 0 Å². The van der Waals surface area contributed by atoms with Gasteiger partial charge in [0.2, 0.25) is 0 Å². The van der Waals surface area contributed by atoms with Gasteiger partial charge in [-0.05, 0) is 84.7 Å². The third-order valence-electron chi connectivity index (χ3n) is 14.2. The molecule has 2 amide bonds. The number of rotatable bonds is 9. The molecule has 4 bridgehead atoms. The summed E-state index contributed by atoms with van der Waals surface area (Å²) in [5, 5.41) is 20.0. The molecule has 0 saturated carbocycles. The maximum Gasteiger partial charge on any atom is 0.410 e. The lowest BCUT2D eigenvalue weighted by atomic mass is 9.72. The van der Waals surface area contributed by atoms with Crippen LogP contribution in [0.2, 0.25) is 0 Å². The number of pyridine rings is 1. The van der Waals surface area contributed by atoms with Gasteiger partial charge in [-0.25, -0.2) is 4.79 Å². The van der Waals surface area contributed by atoms with Crippen molar-refractivity contribution in [1.29, 1.82) is 0 Å². The molecule has 64 heavy (non-hydrogen) atoms. The zero-order chi connectivity index (χ0) is 46.1. The van der Waals surface area contributed by atoms with Gasteiger partial charge >= 0.3 is 12.1 Å². The lowest BCUT2D eigenvalue weighted by Crippen LogP contribution is -2.60. The molecule has 17 nitrogen and oxygen atoms in total. The van der Waals surface area contributed by atoms with Gasteiger partial charge in [-0.1, -0.05) is 51.0 Å². The third-order valence-corrected chi connectivity index (χ3v) is 14.2. The molecule has 7 rings (SSSR count). The van der Waals surface area contributed by atoms with Gasteiger partial charge in [0.1, 0.15) is 17.9 Å². The second kappa shape index (κ2) is 19.7. The Balaban J connectivity index is 1.23. The zero-order valence-corrected chi connectivity index (χ0v) is 39.0. The number of esters is 1. The van der Waals surface area contributed by atoms with Gasteiger partial charge < -0.3 is 48.6 Å². The summed E-state index contributed by atoms with van der Waals surface area (Å²) in [5.74, 6) is -2.86. The molecular formula is C47H68N6O11. The Morgan fingerprint density at radius 2 is 1.84 bits per heavy atom. The van der Waals surface area contributed by atoms with Gasteiger partial charge in [-0.3, -0.25) is 24.5 Å². The number of oxime groups is 1. The molecule has 4 fully saturated rings. The molecule has 5 aliphatic heterocycles. The number of aromatic nitrogens is 1. The number of aliphatic hydroxyl groups is 1. The predicted molar refractivity (Wildman–Crippen MR) is 238 cm³/mol. The van der Waals surface area contributed by atoms with E-state index < -0.39 is 71.8 Å². The fourth-order valence-electron chi connectivity index (χ4n) is 11.0. The quantitative estimate of drug-likeness (QED) is 0.264. The number of benzene rings is 1. The number of likely N-dealkylation sites (N-methyl/N-ethyl adjacent to an activating group) is 1. The predicted octanol–water partition coefficient (Wildman–Crippen LogP) is 4.51. The molecule has 0 aliphatic carbocycles. The average Bonchev–Trinajstić information content (AvgIpc) is 3.40. The van der Waals surface area contributed by atoms with E-state index in [-0.39, 0.29) is 56.3 Å². The molecule has 0 radical (unpaired) electrons. The number of hydrogen-bond donors (Lipinski definition) is 2. The number of para-hydroxylation sites is 1. The highest BCUT2D eigenvalue weighted by Crippen LogP contribution is 2.45. The fourth-order valence-corrected chi connectivity index (χ4v) is 11.0. The average molecular weight is 893 g/mol. The van der Waals surface area contributed by atoms with E-state index in [4.69, 9.17) is 38.3 Å². The van der Waals surface area contributed by atoms with Crippen molar-refractivity contribution in [1.82, 2.24) is 20.1 Å². The largest absolute Gasteiger partial charge is 0.458 e. The van der Waals surface area contributed by atoms with Crippen LogP contribution in [0, 0.1) is 23.7 Å². The number of carbonyl (C=O) groups excluding carboxylic acids is 3. The molecule has 352 valence electrons. The molecule has 1 aromatic carbocycles. The van der Waals surface area contributed by atoms with Gasteiger partial charge in [0, 0.05) is 48.3 Å². The first-order valence-corrected chi connectivity index (χ1v) is 22.9. The second-order valence-electron chi connectivity index (χ2n) is 19.1. The molecule has 2 N–H and O–H groups in total. The van der Waals surface area contributed by atoms with Crippen LogP contribution in [0.1, 0.15) is 80.2 Å². The lowest BCUT2D eigenvalue weighted by Gasteiger charge is -2.48. The van der Waals surface area contributed by atoms with Crippen molar-refractivity contribution < 1.29 is 52.7 Å². The molecule has 1 aromatic heterocycles. The van der Waals surface area contributed by atoms with Gasteiger partial charge in [0.05, 0.1) is 61.1 Å². The minimum atomic E-state index is -1.17. The molecule has 0 unspecified atom stereocenters. The molecular weight excluding hydrogens is 825 g/mol. The number of aliphatic hydroxyl groups excluding tert-OH is 1. The summed E-state index contributed by atoms with van der Waals surface area (Å²) in [7, 11) is 3.84. The SMILES string of the molecule is CC[C@H]1OC(=O)[C@H](C)[C@H]2OC/C(=N\OCC(=O)NCc3ccnc4ccccc34)CO[C@](C)(C[C@@H](C)C3=NCCN4C(=O)O[C@@]1(C)[C@H]4[C@H]3C)[C@H](O[C@H]1O[C@@H](C)C[C@@H](N(C)C)[C@@H]1O)[C@H]2C. The maximum atomic E-state index is 14.6. The van der Waals surface area contributed by atoms with Crippen LogP contribution in [0.5, 0.6) is 0 Å². The third kappa shape index (κ3) is 9.66. The Morgan fingerprint density at radius 3 is 2.59 bits per heavy atom. The summed E-state index contributed by atoms with van der Waals surface area (Å²) < 4.78 is 39.7. The Bertz CT molecular complexity index is 2060. The fraction of sp³-hybridized carbons (Fsp3) is 0.702. The van der Waals surface area contributed by atoms with E-state index in [0.29, 0.717) is 38.1 Å². The molecule has 17 heteroatoms. The smallest absolute Gasteiger partial charge is 0.410 e. The Labute approximate surface area is 376 Å². The van der Waals surface area contributed by atoms with E-state index in [1.807, 2.05) is 83.9 Å². The van der Waals surface area contributed by atoms with Crippen molar-refractivity contribution in [2.75, 3.05) is 47.0 Å². The van der Waals surface area contributed by atoms with Crippen molar-refractivity contribution in [3.05, 3.63) is 42.1 Å². The van der Waals surface area contributed by atoms with Crippen LogP contribution in [0.25, 0.3) is 10.9 Å². The minimum Gasteiger partial charge on any atom is -0.458 e. The number of amides is 2. The Morgan fingerprint density at radius 1 is 1.08 bits per heavy atom. The number of hydrogen-bond acceptors (Lipinski definition) is 15. The van der Waals surface area contributed by atoms with E-state index in [9.17, 15) is 19.5 Å². The van der Waals surface area contributed by atoms with Crippen molar-refractivity contribution in [3.8, 4) is 0 Å². The van der Waals surface area contributed by atoms with Crippen LogP contribution in [0.4, 0.5) is 4.79 Å². The van der Waals surface area contributed by atoms with Gasteiger partial charge in [0.15, 0.2) is 18.5 Å². The van der Waals surface area contributed by atoms with E-state index in [1.165, 1.54) is 0 Å². The van der Waals surface area contributed by atoms with Crippen LogP contribution in [-0.4, -0.2) is 156 Å². The van der Waals surface area contributed by atoms with Crippen LogP contribution in [0.15, 0.2) is 46.7 Å². The summed E-state index contributed by atoms with van der Waals surface area (Å²) in [6.45, 7) is 16.0. The molecule has 2 aromatic rings. The van der Waals surface area contributed by atoms with E-state index in [0.717, 1.165) is 22.2 Å². The van der Waals surface area contributed by atoms with E-state index in [1.54, 1.807) is 18.0 Å². The summed E-state index contributed by atoms with van der Waals surface area (Å²) in [6, 6.07) is 8.88. The van der Waals surface area contributed by atoms with Gasteiger partial charge in [-0.15, -0.1) is 0 Å². The number of nitrogens with one attached hydrogen (secondary N) is 1. The standard InChI is InChI=1S/C47H68N6O11/c1-11-36-47(8)41-28(4)38(49-18-19-53(41)45(57)64-47)26(2)21-46(7)42(63-44-39(55)35(52(9)10)20-27(3)61-44)29(5)40(30(6)43(56)62-36)58-23-32(24-59-46)51-60-25-37(54)50-22-31-16-17-48-34-15-13-12-14-33(31)34/h12-17,26-30,35-36,39-42,44,55H,11,18-25H2,1-10H3,(H,50,54)/b51-32+/t26-,27+,28+,29+,30-,35-,36-,39+,40+,41-,42-,44-,46-,47-/m1/s1. The van der Waals surface area contributed by atoms with Gasteiger partial charge in [-0.2, -0.15) is 0 Å². The number of aliphatic imine (C=N–C) groups is 1. The number of nitrogens with zero attached hydrogens (tertiary/aromatic N) is 5. The Kier molecular flexibility index (Phi) is 14.7. The van der Waals surface area contributed by atoms with Crippen LogP contribution in [-0.2, 0) is 49.4 Å². The lowest BCUT2D eigenvalue weighted by molar-refractivity contribution is -0.302. The first-order chi connectivity index (χ1) is 30.4. The monoisotopic (exact) mass is 892 g/mol. The van der Waals surface area contributed by atoms with Crippen molar-refractivity contribution in [2.45, 2.75) is 141 Å². The highest BCUT2D eigenvalue weighted by Gasteiger charge is 2.60. The molecule has 4 saturated heterocycles. The van der Waals surface area contributed by atoms with Crippen molar-refractivity contribution in [2.24, 2.45) is 33.8 Å². The number of cyclic esters (lactones) is 1. The second-order valence-corrected chi connectivity index (χ2v) is 19.1. The Hall–Kier alpha value is -4.26. The van der Waals surface area contributed by atoms with Crippen molar-refractivity contribution in [3.63, 3.8) is 0 Å². The number of ether oxygens (including phenoxy) is 6. The maximum absolute atomic E-state index is 14.6. The summed E-state index contributed by atoms with van der Waals surface area (Å²) in [4.78, 5) is 60.1. The number of fused-ring (bicyclic) bond motifs is 5. The first-order valence-electron chi connectivity index (χ1n) is 22.9. The zero-order valence-electron chi connectivity index (χ0n) is 39.0.